The predicted octanol–water partition coefficient (Wildman–Crippen LogP) is 2.68. The third-order valence-electron chi connectivity index (χ3n) is 3.88. The van der Waals surface area contributed by atoms with Crippen LogP contribution in [0.2, 0.25) is 0 Å². The van der Waals surface area contributed by atoms with Gasteiger partial charge in [-0.05, 0) is 48.7 Å². The molecule has 0 aliphatic rings. The van der Waals surface area contributed by atoms with Crippen LogP contribution >= 0.6 is 0 Å². The van der Waals surface area contributed by atoms with Crippen molar-refractivity contribution in [2.24, 2.45) is 0 Å². The van der Waals surface area contributed by atoms with E-state index in [2.05, 4.69) is 5.32 Å². The molecular formula is C19H21NO5. The van der Waals surface area contributed by atoms with Crippen molar-refractivity contribution in [3.05, 3.63) is 58.7 Å². The lowest BCUT2D eigenvalue weighted by molar-refractivity contribution is 0.0696. The maximum Gasteiger partial charge on any atom is 0.335 e. The molecule has 0 saturated carbocycles. The number of ether oxygens (including phenoxy) is 2. The van der Waals surface area contributed by atoms with Gasteiger partial charge in [-0.3, -0.25) is 4.79 Å². The number of amides is 1. The summed E-state index contributed by atoms with van der Waals surface area (Å²) >= 11 is 0. The standard InChI is InChI=1S/C19H21NO5/c1-12-4-5-14(10-16(12)24-2)18(21)20-9-8-13-6-7-15(19(22)23)11-17(13)25-3/h4-7,10-11H,8-9H2,1-3H3,(H,20,21)(H,22,23). The molecule has 6 heteroatoms. The van der Waals surface area contributed by atoms with Crippen LogP contribution in [0.3, 0.4) is 0 Å². The molecule has 0 fully saturated rings. The molecular weight excluding hydrogens is 322 g/mol. The zero-order valence-corrected chi connectivity index (χ0v) is 14.5. The summed E-state index contributed by atoms with van der Waals surface area (Å²) in [7, 11) is 3.05. The fourth-order valence-electron chi connectivity index (χ4n) is 2.46. The van der Waals surface area contributed by atoms with Crippen LogP contribution in [0.15, 0.2) is 36.4 Å². The maximum absolute atomic E-state index is 12.2. The first-order chi connectivity index (χ1) is 12.0. The molecule has 132 valence electrons. The third-order valence-corrected chi connectivity index (χ3v) is 3.88. The van der Waals surface area contributed by atoms with Gasteiger partial charge in [0.05, 0.1) is 19.8 Å². The Hall–Kier alpha value is -3.02. The Labute approximate surface area is 146 Å². The van der Waals surface area contributed by atoms with Crippen LogP contribution in [-0.2, 0) is 6.42 Å². The van der Waals surface area contributed by atoms with Gasteiger partial charge >= 0.3 is 5.97 Å². The number of hydrogen-bond donors (Lipinski definition) is 2. The average Bonchev–Trinajstić information content (AvgIpc) is 2.61. The van der Waals surface area contributed by atoms with Crippen LogP contribution in [0.25, 0.3) is 0 Å². The second kappa shape index (κ2) is 8.19. The number of carboxylic acid groups (broad SMARTS) is 1. The molecule has 0 saturated heterocycles. The molecule has 0 aliphatic heterocycles. The number of aryl methyl sites for hydroxylation is 1. The van der Waals surface area contributed by atoms with Crippen molar-refractivity contribution in [3.8, 4) is 11.5 Å². The van der Waals surface area contributed by atoms with Crippen LogP contribution in [-0.4, -0.2) is 37.7 Å². The molecule has 0 aliphatic carbocycles. The Kier molecular flexibility index (Phi) is 6.00. The highest BCUT2D eigenvalue weighted by atomic mass is 16.5. The van der Waals surface area contributed by atoms with Crippen LogP contribution in [0.4, 0.5) is 0 Å². The first-order valence-electron chi connectivity index (χ1n) is 7.79. The van der Waals surface area contributed by atoms with Crippen molar-refractivity contribution in [2.45, 2.75) is 13.3 Å². The molecule has 2 N–H and O–H groups in total. The molecule has 6 nitrogen and oxygen atoms in total. The van der Waals surface area contributed by atoms with Gasteiger partial charge in [0.25, 0.3) is 5.91 Å². The first-order valence-corrected chi connectivity index (χ1v) is 7.79. The molecule has 0 radical (unpaired) electrons. The molecule has 2 aromatic carbocycles. The SMILES string of the molecule is COc1cc(C(=O)NCCc2ccc(C(=O)O)cc2OC)ccc1C. The van der Waals surface area contributed by atoms with E-state index in [1.807, 2.05) is 13.0 Å². The van der Waals surface area contributed by atoms with E-state index in [-0.39, 0.29) is 11.5 Å². The highest BCUT2D eigenvalue weighted by molar-refractivity contribution is 5.94. The number of carbonyl (C=O) groups is 2. The molecule has 0 heterocycles. The highest BCUT2D eigenvalue weighted by Crippen LogP contribution is 2.21. The molecule has 2 rings (SSSR count). The summed E-state index contributed by atoms with van der Waals surface area (Å²) in [5.74, 6) is -0.0457. The summed E-state index contributed by atoms with van der Waals surface area (Å²) in [6, 6.07) is 9.98. The van der Waals surface area contributed by atoms with Gasteiger partial charge in [0, 0.05) is 12.1 Å². The van der Waals surface area contributed by atoms with Crippen molar-refractivity contribution in [1.82, 2.24) is 5.32 Å². The number of benzene rings is 2. The van der Waals surface area contributed by atoms with Crippen LogP contribution in [0, 0.1) is 6.92 Å². The minimum absolute atomic E-state index is 0.163. The molecule has 1 amide bonds. The number of carboxylic acids is 1. The van der Waals surface area contributed by atoms with E-state index in [0.717, 1.165) is 11.1 Å². The van der Waals surface area contributed by atoms with E-state index in [4.69, 9.17) is 14.6 Å². The van der Waals surface area contributed by atoms with Gasteiger partial charge in [-0.2, -0.15) is 0 Å². The van der Waals surface area contributed by atoms with Gasteiger partial charge in [0.2, 0.25) is 0 Å². The Morgan fingerprint density at radius 1 is 1.00 bits per heavy atom. The quantitative estimate of drug-likeness (QED) is 0.807. The van der Waals surface area contributed by atoms with Crippen LogP contribution in [0.5, 0.6) is 11.5 Å². The number of nitrogens with one attached hydrogen (secondary N) is 1. The van der Waals surface area contributed by atoms with Gasteiger partial charge in [-0.1, -0.05) is 12.1 Å². The maximum atomic E-state index is 12.2. The lowest BCUT2D eigenvalue weighted by atomic mass is 10.1. The van der Waals surface area contributed by atoms with Gasteiger partial charge in [-0.15, -0.1) is 0 Å². The van der Waals surface area contributed by atoms with E-state index in [1.165, 1.54) is 19.2 Å². The highest BCUT2D eigenvalue weighted by Gasteiger charge is 2.11. The monoisotopic (exact) mass is 343 g/mol. The summed E-state index contributed by atoms with van der Waals surface area (Å²) in [6.07, 6.45) is 0.526. The van der Waals surface area contributed by atoms with E-state index in [0.29, 0.717) is 30.0 Å². The minimum Gasteiger partial charge on any atom is -0.496 e. The topological polar surface area (TPSA) is 84.9 Å². The zero-order valence-electron chi connectivity index (χ0n) is 14.5. The number of aromatic carboxylic acids is 1. The second-order valence-electron chi connectivity index (χ2n) is 5.52. The number of methoxy groups -OCH3 is 2. The molecule has 2 aromatic rings. The lowest BCUT2D eigenvalue weighted by Crippen LogP contribution is -2.25. The van der Waals surface area contributed by atoms with Crippen molar-refractivity contribution in [1.29, 1.82) is 0 Å². The van der Waals surface area contributed by atoms with Gasteiger partial charge < -0.3 is 19.9 Å². The number of hydrogen-bond acceptors (Lipinski definition) is 4. The smallest absolute Gasteiger partial charge is 0.335 e. The summed E-state index contributed by atoms with van der Waals surface area (Å²) < 4.78 is 10.5. The second-order valence-corrected chi connectivity index (χ2v) is 5.52. The fourth-order valence-corrected chi connectivity index (χ4v) is 2.46. The lowest BCUT2D eigenvalue weighted by Gasteiger charge is -2.11. The first kappa shape index (κ1) is 18.3. The summed E-state index contributed by atoms with van der Waals surface area (Å²) in [4.78, 5) is 23.2. The van der Waals surface area contributed by atoms with E-state index in [1.54, 1.807) is 25.3 Å². The normalized spacial score (nSPS) is 10.2. The minimum atomic E-state index is -1.01. The van der Waals surface area contributed by atoms with Crippen LogP contribution in [0.1, 0.15) is 31.8 Å². The third kappa shape index (κ3) is 4.50. The van der Waals surface area contributed by atoms with Crippen molar-refractivity contribution < 1.29 is 24.2 Å². The largest absolute Gasteiger partial charge is 0.496 e. The van der Waals surface area contributed by atoms with Gasteiger partial charge in [0.15, 0.2) is 0 Å². The Balaban J connectivity index is 2.00. The molecule has 0 spiro atoms. The van der Waals surface area contributed by atoms with Gasteiger partial charge in [0.1, 0.15) is 11.5 Å². The van der Waals surface area contributed by atoms with Crippen molar-refractivity contribution >= 4 is 11.9 Å². The zero-order chi connectivity index (χ0) is 18.4. The summed E-state index contributed by atoms with van der Waals surface area (Å²) in [6.45, 7) is 2.31. The number of carbonyl (C=O) groups excluding carboxylic acids is 1. The predicted molar refractivity (Wildman–Crippen MR) is 93.7 cm³/mol. The molecule has 0 unspecified atom stereocenters. The van der Waals surface area contributed by atoms with E-state index < -0.39 is 5.97 Å². The van der Waals surface area contributed by atoms with Crippen molar-refractivity contribution in [2.75, 3.05) is 20.8 Å². The van der Waals surface area contributed by atoms with Crippen molar-refractivity contribution in [3.63, 3.8) is 0 Å². The molecule has 0 atom stereocenters. The fraction of sp³-hybridized carbons (Fsp3) is 0.263. The Morgan fingerprint density at radius 2 is 1.64 bits per heavy atom. The number of rotatable bonds is 7. The Morgan fingerprint density at radius 3 is 2.28 bits per heavy atom. The average molecular weight is 343 g/mol. The summed E-state index contributed by atoms with van der Waals surface area (Å²) in [5, 5.41) is 11.9. The van der Waals surface area contributed by atoms with Gasteiger partial charge in [-0.25, -0.2) is 4.79 Å². The summed E-state index contributed by atoms with van der Waals surface area (Å²) in [5.41, 5.74) is 2.48. The molecule has 0 bridgehead atoms. The van der Waals surface area contributed by atoms with E-state index >= 15 is 0 Å². The molecule has 0 aromatic heterocycles. The molecule has 25 heavy (non-hydrogen) atoms. The van der Waals surface area contributed by atoms with Crippen LogP contribution < -0.4 is 14.8 Å². The Bertz CT molecular complexity index is 785. The van der Waals surface area contributed by atoms with E-state index in [9.17, 15) is 9.59 Å².